The maximum absolute atomic E-state index is 12.6. The molecule has 2 aromatic heterocycles. The molecular formula is C27H29N3O4. The van der Waals surface area contributed by atoms with Crippen molar-refractivity contribution in [2.45, 2.75) is 13.3 Å². The summed E-state index contributed by atoms with van der Waals surface area (Å²) in [5.41, 5.74) is 5.60. The van der Waals surface area contributed by atoms with Crippen LogP contribution in [0.1, 0.15) is 22.3 Å². The van der Waals surface area contributed by atoms with Crippen LogP contribution >= 0.6 is 0 Å². The van der Waals surface area contributed by atoms with Gasteiger partial charge in [-0.25, -0.2) is 9.78 Å². The van der Waals surface area contributed by atoms with Gasteiger partial charge in [0, 0.05) is 36.7 Å². The Labute approximate surface area is 198 Å². The number of carbonyl (C=O) groups excluding carboxylic acids is 1. The molecule has 0 atom stereocenters. The Bertz CT molecular complexity index is 1310. The Morgan fingerprint density at radius 2 is 1.91 bits per heavy atom. The molecule has 0 amide bonds. The topological polar surface area (TPSA) is 76.7 Å². The largest absolute Gasteiger partial charge is 0.493 e. The number of esters is 1. The number of pyridine rings is 1. The lowest BCUT2D eigenvalue weighted by molar-refractivity contribution is 0.0358. The van der Waals surface area contributed by atoms with E-state index in [1.54, 1.807) is 6.07 Å². The lowest BCUT2D eigenvalue weighted by Crippen LogP contribution is -2.37. The number of morpholine rings is 1. The molecule has 176 valence electrons. The highest BCUT2D eigenvalue weighted by Crippen LogP contribution is 2.32. The number of aryl methyl sites for hydroxylation is 1. The average molecular weight is 460 g/mol. The predicted octanol–water partition coefficient (Wildman–Crippen LogP) is 4.58. The maximum atomic E-state index is 12.6. The van der Waals surface area contributed by atoms with E-state index in [4.69, 9.17) is 19.2 Å². The van der Waals surface area contributed by atoms with Gasteiger partial charge in [-0.05, 0) is 31.5 Å². The Morgan fingerprint density at radius 3 is 2.68 bits per heavy atom. The molecule has 5 rings (SSSR count). The number of ether oxygens (including phenoxy) is 3. The SMILES string of the molecule is COC(=O)c1cc(-c2ccc(C)cc2)nc2c1[nH]c1cc(OCCCN3CCOCC3)ccc12. The van der Waals surface area contributed by atoms with Crippen LogP contribution in [0.2, 0.25) is 0 Å². The van der Waals surface area contributed by atoms with Crippen LogP contribution in [0.5, 0.6) is 5.75 Å². The van der Waals surface area contributed by atoms with E-state index in [0.29, 0.717) is 17.7 Å². The number of nitrogens with one attached hydrogen (secondary N) is 1. The van der Waals surface area contributed by atoms with Crippen molar-refractivity contribution in [3.05, 3.63) is 59.7 Å². The smallest absolute Gasteiger partial charge is 0.340 e. The van der Waals surface area contributed by atoms with Crippen molar-refractivity contribution in [3.8, 4) is 17.0 Å². The molecule has 1 fully saturated rings. The van der Waals surface area contributed by atoms with Crippen LogP contribution < -0.4 is 4.74 Å². The molecule has 0 spiro atoms. The van der Waals surface area contributed by atoms with E-state index in [9.17, 15) is 4.79 Å². The van der Waals surface area contributed by atoms with E-state index >= 15 is 0 Å². The van der Waals surface area contributed by atoms with Crippen molar-refractivity contribution in [1.29, 1.82) is 0 Å². The van der Waals surface area contributed by atoms with E-state index in [-0.39, 0.29) is 0 Å². The highest BCUT2D eigenvalue weighted by molar-refractivity contribution is 6.13. The van der Waals surface area contributed by atoms with Gasteiger partial charge in [-0.1, -0.05) is 29.8 Å². The molecule has 4 aromatic rings. The van der Waals surface area contributed by atoms with Crippen LogP contribution in [0.25, 0.3) is 33.2 Å². The second-order valence-corrected chi connectivity index (χ2v) is 8.62. The predicted molar refractivity (Wildman–Crippen MR) is 132 cm³/mol. The Kier molecular flexibility index (Phi) is 6.47. The zero-order valence-electron chi connectivity index (χ0n) is 19.6. The van der Waals surface area contributed by atoms with Crippen molar-refractivity contribution in [1.82, 2.24) is 14.9 Å². The van der Waals surface area contributed by atoms with Gasteiger partial charge in [-0.15, -0.1) is 0 Å². The summed E-state index contributed by atoms with van der Waals surface area (Å²) in [6.07, 6.45) is 0.957. The second-order valence-electron chi connectivity index (χ2n) is 8.62. The summed E-state index contributed by atoms with van der Waals surface area (Å²) in [5.74, 6) is 0.395. The van der Waals surface area contributed by atoms with E-state index in [2.05, 4.69) is 9.88 Å². The zero-order chi connectivity index (χ0) is 23.5. The molecule has 34 heavy (non-hydrogen) atoms. The summed E-state index contributed by atoms with van der Waals surface area (Å²) in [5, 5.41) is 0.940. The number of H-pyrrole nitrogens is 1. The van der Waals surface area contributed by atoms with E-state index in [1.165, 1.54) is 12.7 Å². The van der Waals surface area contributed by atoms with Gasteiger partial charge in [0.1, 0.15) is 5.75 Å². The molecule has 7 heteroatoms. The molecule has 0 radical (unpaired) electrons. The third kappa shape index (κ3) is 4.62. The normalized spacial score (nSPS) is 14.5. The van der Waals surface area contributed by atoms with E-state index in [1.807, 2.05) is 49.4 Å². The van der Waals surface area contributed by atoms with Gasteiger partial charge in [-0.3, -0.25) is 4.90 Å². The number of nitrogens with zero attached hydrogens (tertiary/aromatic N) is 2. The summed E-state index contributed by atoms with van der Waals surface area (Å²) in [6, 6.07) is 15.8. The van der Waals surface area contributed by atoms with Gasteiger partial charge in [0.25, 0.3) is 0 Å². The number of rotatable bonds is 7. The van der Waals surface area contributed by atoms with Gasteiger partial charge < -0.3 is 19.2 Å². The minimum absolute atomic E-state index is 0.396. The lowest BCUT2D eigenvalue weighted by atomic mass is 10.1. The zero-order valence-corrected chi connectivity index (χ0v) is 19.6. The summed E-state index contributed by atoms with van der Waals surface area (Å²) in [4.78, 5) is 23.3. The Balaban J connectivity index is 1.42. The van der Waals surface area contributed by atoms with Gasteiger partial charge >= 0.3 is 5.97 Å². The molecule has 1 N–H and O–H groups in total. The van der Waals surface area contributed by atoms with Crippen LogP contribution in [-0.4, -0.2) is 67.4 Å². The first-order valence-corrected chi connectivity index (χ1v) is 11.7. The summed E-state index contributed by atoms with van der Waals surface area (Å²) in [7, 11) is 1.39. The molecule has 0 saturated carbocycles. The van der Waals surface area contributed by atoms with Crippen LogP contribution in [0.3, 0.4) is 0 Å². The standard InChI is InChI=1S/C27H29N3O4/c1-18-4-6-19(7-5-18)23-17-22(27(31)32-2)26-25(28-23)21-9-8-20(16-24(21)29-26)34-13-3-10-30-11-14-33-15-12-30/h4-9,16-17,29H,3,10-15H2,1-2H3. The molecule has 2 aromatic carbocycles. The second kappa shape index (κ2) is 9.83. The number of aromatic amines is 1. The number of benzene rings is 2. The van der Waals surface area contributed by atoms with E-state index < -0.39 is 5.97 Å². The first kappa shape index (κ1) is 22.4. The molecule has 1 aliphatic rings. The molecule has 3 heterocycles. The first-order chi connectivity index (χ1) is 16.6. The number of carbonyl (C=O) groups is 1. The lowest BCUT2D eigenvalue weighted by Gasteiger charge is -2.26. The summed E-state index contributed by atoms with van der Waals surface area (Å²) in [6.45, 7) is 7.29. The van der Waals surface area contributed by atoms with Crippen molar-refractivity contribution >= 4 is 27.9 Å². The molecule has 0 unspecified atom stereocenters. The molecule has 7 nitrogen and oxygen atoms in total. The molecular weight excluding hydrogens is 430 g/mol. The fourth-order valence-electron chi connectivity index (χ4n) is 4.37. The maximum Gasteiger partial charge on any atom is 0.340 e. The van der Waals surface area contributed by atoms with Crippen LogP contribution in [0.15, 0.2) is 48.5 Å². The quantitative estimate of drug-likeness (QED) is 0.322. The number of hydrogen-bond acceptors (Lipinski definition) is 6. The van der Waals surface area contributed by atoms with Crippen LogP contribution in [0, 0.1) is 6.92 Å². The third-order valence-corrected chi connectivity index (χ3v) is 6.27. The molecule has 0 aliphatic carbocycles. The number of methoxy groups -OCH3 is 1. The number of hydrogen-bond donors (Lipinski definition) is 1. The third-order valence-electron chi connectivity index (χ3n) is 6.27. The van der Waals surface area contributed by atoms with Crippen molar-refractivity contribution < 1.29 is 19.0 Å². The number of aromatic nitrogens is 2. The Hall–Kier alpha value is -3.42. The van der Waals surface area contributed by atoms with Crippen LogP contribution in [-0.2, 0) is 9.47 Å². The molecule has 1 saturated heterocycles. The average Bonchev–Trinajstić information content (AvgIpc) is 3.24. The Morgan fingerprint density at radius 1 is 1.12 bits per heavy atom. The fourth-order valence-corrected chi connectivity index (χ4v) is 4.37. The first-order valence-electron chi connectivity index (χ1n) is 11.7. The highest BCUT2D eigenvalue weighted by atomic mass is 16.5. The monoisotopic (exact) mass is 459 g/mol. The summed E-state index contributed by atoms with van der Waals surface area (Å²) >= 11 is 0. The fraction of sp³-hybridized carbons (Fsp3) is 0.333. The van der Waals surface area contributed by atoms with Gasteiger partial charge in [0.15, 0.2) is 0 Å². The minimum Gasteiger partial charge on any atom is -0.493 e. The van der Waals surface area contributed by atoms with Crippen molar-refractivity contribution in [2.24, 2.45) is 0 Å². The molecule has 1 aliphatic heterocycles. The van der Waals surface area contributed by atoms with Gasteiger partial charge in [0.05, 0.1) is 54.7 Å². The van der Waals surface area contributed by atoms with Gasteiger partial charge in [-0.2, -0.15) is 0 Å². The van der Waals surface area contributed by atoms with Crippen molar-refractivity contribution in [2.75, 3.05) is 46.6 Å². The highest BCUT2D eigenvalue weighted by Gasteiger charge is 2.19. The van der Waals surface area contributed by atoms with E-state index in [0.717, 1.165) is 72.7 Å². The van der Waals surface area contributed by atoms with Gasteiger partial charge in [0.2, 0.25) is 0 Å². The number of fused-ring (bicyclic) bond motifs is 3. The van der Waals surface area contributed by atoms with Crippen molar-refractivity contribution in [3.63, 3.8) is 0 Å². The molecule has 0 bridgehead atoms. The van der Waals surface area contributed by atoms with Crippen LogP contribution in [0.4, 0.5) is 0 Å². The minimum atomic E-state index is -0.396. The summed E-state index contributed by atoms with van der Waals surface area (Å²) < 4.78 is 16.5.